The fourth-order valence-corrected chi connectivity index (χ4v) is 27.2. The zero-order valence-corrected chi connectivity index (χ0v) is 23.0. The molecule has 0 spiro atoms. The third-order valence-corrected chi connectivity index (χ3v) is 27.2. The number of hydrogen-bond acceptors (Lipinski definition) is 6. The van der Waals surface area contributed by atoms with Gasteiger partial charge in [-0.3, -0.25) is 0 Å². The van der Waals surface area contributed by atoms with Crippen molar-refractivity contribution < 1.29 is 0 Å². The summed E-state index contributed by atoms with van der Waals surface area (Å²) in [5.74, 6) is 0. The average Bonchev–Trinajstić information content (AvgIpc) is 3.26. The topological polar surface area (TPSA) is 0 Å². The van der Waals surface area contributed by atoms with Crippen molar-refractivity contribution in [1.29, 1.82) is 0 Å². The summed E-state index contributed by atoms with van der Waals surface area (Å²) in [4.78, 5) is 4.87. The third kappa shape index (κ3) is 3.77. The Kier molecular flexibility index (Phi) is 6.86. The van der Waals surface area contributed by atoms with E-state index in [1.54, 1.807) is 11.8 Å². The Morgan fingerprint density at radius 3 is 1.73 bits per heavy atom. The molecule has 4 rings (SSSR count). The predicted molar refractivity (Wildman–Crippen MR) is 118 cm³/mol. The summed E-state index contributed by atoms with van der Waals surface area (Å²) in [6.07, 6.45) is 4.40. The summed E-state index contributed by atoms with van der Waals surface area (Å²) in [6, 6.07) is 0. The summed E-state index contributed by atoms with van der Waals surface area (Å²) in [5, 5.41) is 0. The molecule has 0 aliphatic carbocycles. The first-order chi connectivity index (χ1) is 10.8. The third-order valence-electron chi connectivity index (χ3n) is 2.56. The van der Waals surface area contributed by atoms with Crippen LogP contribution in [0.15, 0.2) is 41.2 Å². The maximum absolute atomic E-state index is 2.43. The molecule has 0 amide bonds. The number of rotatable bonds is 2. The van der Waals surface area contributed by atoms with Gasteiger partial charge in [0.05, 0.1) is 0 Å². The molecule has 4 aliphatic rings. The van der Waals surface area contributed by atoms with Crippen LogP contribution in [0, 0.1) is 0 Å². The van der Waals surface area contributed by atoms with E-state index >= 15 is 0 Å². The fourth-order valence-electron chi connectivity index (χ4n) is 1.66. The molecular weight excluding hydrogens is 652 g/mol. The molecule has 0 radical (unpaired) electrons. The second-order valence-electron chi connectivity index (χ2n) is 3.83. The van der Waals surface area contributed by atoms with Gasteiger partial charge in [-0.15, -0.1) is 0 Å². The summed E-state index contributed by atoms with van der Waals surface area (Å²) >= 11 is 14.7. The Balaban J connectivity index is 1.47. The van der Waals surface area contributed by atoms with Crippen LogP contribution in [0.5, 0.6) is 0 Å². The summed E-state index contributed by atoms with van der Waals surface area (Å²) < 4.78 is 13.3. The Labute approximate surface area is 181 Å². The van der Waals surface area contributed by atoms with Crippen molar-refractivity contribution in [3.8, 4) is 0 Å². The first-order valence-electron chi connectivity index (χ1n) is 5.89. The van der Waals surface area contributed by atoms with Gasteiger partial charge in [-0.05, 0) is 0 Å². The van der Waals surface area contributed by atoms with Crippen molar-refractivity contribution in [2.75, 3.05) is 12.5 Å². The normalized spacial score (nSPS) is 24.6. The number of thioether (sulfide) groups is 6. The van der Waals surface area contributed by atoms with Crippen molar-refractivity contribution in [2.24, 2.45) is 0 Å². The van der Waals surface area contributed by atoms with E-state index in [0.29, 0.717) is 59.8 Å². The van der Waals surface area contributed by atoms with E-state index in [4.69, 9.17) is 0 Å². The minimum absolute atomic E-state index is 0.659. The van der Waals surface area contributed by atoms with Crippen LogP contribution in [0.3, 0.4) is 0 Å². The molecule has 0 bridgehead atoms. The van der Waals surface area contributed by atoms with Gasteiger partial charge < -0.3 is 0 Å². The zero-order valence-electron chi connectivity index (χ0n) is 11.2. The fraction of sp³-hybridized carbons (Fsp3) is 0.167. The molecule has 4 aliphatic heterocycles. The summed E-state index contributed by atoms with van der Waals surface area (Å²) in [5.41, 5.74) is 0. The van der Waals surface area contributed by atoms with Crippen LogP contribution in [0.4, 0.5) is 0 Å². The van der Waals surface area contributed by atoms with Gasteiger partial charge in [0, 0.05) is 0 Å². The van der Waals surface area contributed by atoms with E-state index < -0.39 is 0 Å². The van der Waals surface area contributed by atoms with Crippen molar-refractivity contribution >= 4 is 130 Å². The zero-order chi connectivity index (χ0) is 15.1. The maximum atomic E-state index is 2.43. The molecule has 0 fully saturated rings. The molecule has 0 aromatic rings. The van der Waals surface area contributed by atoms with Crippen LogP contribution < -0.4 is 0 Å². The second-order valence-corrected chi connectivity index (χ2v) is 22.5. The Bertz CT molecular complexity index is 640. The molecule has 0 saturated carbocycles. The summed E-state index contributed by atoms with van der Waals surface area (Å²) in [6.45, 7) is 0. The van der Waals surface area contributed by atoms with Gasteiger partial charge in [0.2, 0.25) is 0 Å². The van der Waals surface area contributed by atoms with E-state index in [1.165, 1.54) is 12.7 Å². The van der Waals surface area contributed by atoms with Crippen molar-refractivity contribution in [2.45, 2.75) is 0 Å². The first kappa shape index (κ1) is 18.3. The second kappa shape index (κ2) is 8.27. The molecular formula is C12H8S6Se4. The molecule has 4 heterocycles. The van der Waals surface area contributed by atoms with Crippen molar-refractivity contribution in [1.82, 2.24) is 0 Å². The predicted octanol–water partition coefficient (Wildman–Crippen LogP) is 4.49. The van der Waals surface area contributed by atoms with Crippen LogP contribution >= 0.6 is 70.6 Å². The molecule has 22 heavy (non-hydrogen) atoms. The monoisotopic (exact) mass is 664 g/mol. The van der Waals surface area contributed by atoms with Crippen LogP contribution in [0.1, 0.15) is 0 Å². The molecule has 0 aromatic heterocycles. The molecule has 0 aromatic carbocycles. The molecule has 0 saturated heterocycles. The molecule has 116 valence electrons. The van der Waals surface area contributed by atoms with Gasteiger partial charge in [0.25, 0.3) is 0 Å². The molecule has 0 N–H and O–H groups in total. The van der Waals surface area contributed by atoms with E-state index in [0.717, 1.165) is 0 Å². The van der Waals surface area contributed by atoms with Gasteiger partial charge in [0.15, 0.2) is 0 Å². The van der Waals surface area contributed by atoms with Gasteiger partial charge in [-0.2, -0.15) is 0 Å². The van der Waals surface area contributed by atoms with Gasteiger partial charge in [0.1, 0.15) is 0 Å². The Morgan fingerprint density at radius 1 is 0.727 bits per heavy atom. The standard InChI is InChI=1S/C12H8S6Se4/c1-13-5-6(14-2)16-7(15-5)8-17-9-10(18-8)22-12(21-9)11-19-3-4-20-11/h3-4H,1-2H3. The first-order valence-corrected chi connectivity index (χ1v) is 18.7. The molecule has 10 heteroatoms. The Hall–Kier alpha value is 2.88. The van der Waals surface area contributed by atoms with Crippen LogP contribution in [-0.4, -0.2) is 72.3 Å². The van der Waals surface area contributed by atoms with E-state index in [2.05, 4.69) is 46.0 Å². The average molecular weight is 660 g/mol. The minimum atomic E-state index is 0.659. The van der Waals surface area contributed by atoms with Crippen molar-refractivity contribution in [3.63, 3.8) is 0 Å². The van der Waals surface area contributed by atoms with E-state index in [-0.39, 0.29) is 0 Å². The van der Waals surface area contributed by atoms with Crippen LogP contribution in [0.2, 0.25) is 0 Å². The molecule has 0 unspecified atom stereocenters. The number of hydrogen-bond donors (Lipinski definition) is 0. The van der Waals surface area contributed by atoms with Crippen LogP contribution in [-0.2, 0) is 0 Å². The van der Waals surface area contributed by atoms with Gasteiger partial charge >= 0.3 is 184 Å². The molecule has 0 nitrogen and oxygen atoms in total. The molecule has 0 atom stereocenters. The SMILES string of the molecule is CSC1=C(SC)SC(=C2SC3=C(S2)[Se]C(=C2[Se]C=C[Se]2)[Se]3)S1. The summed E-state index contributed by atoms with van der Waals surface area (Å²) in [7, 11) is 0. The Morgan fingerprint density at radius 2 is 1.23 bits per heavy atom. The van der Waals surface area contributed by atoms with Gasteiger partial charge in [-0.25, -0.2) is 0 Å². The van der Waals surface area contributed by atoms with E-state index in [1.807, 2.05) is 53.8 Å². The van der Waals surface area contributed by atoms with Crippen LogP contribution in [0.25, 0.3) is 0 Å². The van der Waals surface area contributed by atoms with Gasteiger partial charge in [-0.1, -0.05) is 0 Å². The van der Waals surface area contributed by atoms with Crippen molar-refractivity contribution in [3.05, 3.63) is 41.2 Å². The van der Waals surface area contributed by atoms with E-state index in [9.17, 15) is 0 Å². The quantitative estimate of drug-likeness (QED) is 0.398.